The number of nitrogens with zero attached hydrogens (tertiary/aromatic N) is 3. The highest BCUT2D eigenvalue weighted by Gasteiger charge is 2.15. The van der Waals surface area contributed by atoms with Gasteiger partial charge in [0.15, 0.2) is 5.82 Å². The molecule has 0 spiro atoms. The third-order valence-electron chi connectivity index (χ3n) is 10.2. The molecule has 0 aliphatic rings. The van der Waals surface area contributed by atoms with E-state index in [1.807, 2.05) is 30.6 Å². The first kappa shape index (κ1) is 29.9. The Morgan fingerprint density at radius 2 is 0.846 bits per heavy atom. The van der Waals surface area contributed by atoms with Crippen LogP contribution in [-0.4, -0.2) is 15.0 Å². The predicted octanol–water partition coefficient (Wildman–Crippen LogP) is 12.8. The summed E-state index contributed by atoms with van der Waals surface area (Å²) in [5.41, 5.74) is 11.8. The van der Waals surface area contributed by atoms with Crippen LogP contribution in [0.2, 0.25) is 0 Å². The van der Waals surface area contributed by atoms with E-state index >= 15 is 0 Å². The van der Waals surface area contributed by atoms with Crippen LogP contribution in [0.25, 0.3) is 99.6 Å². The maximum absolute atomic E-state index is 5.17. The van der Waals surface area contributed by atoms with E-state index in [-0.39, 0.29) is 0 Å². The third kappa shape index (κ3) is 5.28. The van der Waals surface area contributed by atoms with Crippen molar-refractivity contribution in [3.8, 4) is 67.3 Å². The molecule has 2 heterocycles. The van der Waals surface area contributed by atoms with Gasteiger partial charge in [-0.3, -0.25) is 4.98 Å². The summed E-state index contributed by atoms with van der Waals surface area (Å²) in [6, 6.07) is 62.6. The lowest BCUT2D eigenvalue weighted by molar-refractivity contribution is 1.18. The van der Waals surface area contributed by atoms with E-state index in [2.05, 4.69) is 163 Å². The molecule has 0 fully saturated rings. The Kier molecular flexibility index (Phi) is 7.14. The van der Waals surface area contributed by atoms with Crippen LogP contribution in [0.1, 0.15) is 0 Å². The van der Waals surface area contributed by atoms with Gasteiger partial charge >= 0.3 is 0 Å². The molecule has 10 rings (SSSR count). The number of pyridine rings is 1. The molecule has 3 heteroatoms. The lowest BCUT2D eigenvalue weighted by atomic mass is 9.89. The minimum atomic E-state index is 0.690. The smallest absolute Gasteiger partial charge is 0.160 e. The molecule has 0 aliphatic carbocycles. The number of hydrogen-bond acceptors (Lipinski definition) is 3. The van der Waals surface area contributed by atoms with Gasteiger partial charge in [0.05, 0.1) is 11.4 Å². The van der Waals surface area contributed by atoms with Gasteiger partial charge in [-0.05, 0) is 90.0 Å². The van der Waals surface area contributed by atoms with E-state index in [1.165, 1.54) is 49.0 Å². The van der Waals surface area contributed by atoms with Gasteiger partial charge in [-0.15, -0.1) is 0 Å². The van der Waals surface area contributed by atoms with Crippen molar-refractivity contribution in [2.75, 3.05) is 0 Å². The first-order chi connectivity index (χ1) is 25.7. The zero-order valence-electron chi connectivity index (χ0n) is 28.2. The van der Waals surface area contributed by atoms with Crippen LogP contribution in [-0.2, 0) is 0 Å². The summed E-state index contributed by atoms with van der Waals surface area (Å²) in [5.74, 6) is 0.690. The Balaban J connectivity index is 1.08. The molecule has 2 aromatic heterocycles. The maximum Gasteiger partial charge on any atom is 0.160 e. The Morgan fingerprint density at radius 3 is 1.62 bits per heavy atom. The summed E-state index contributed by atoms with van der Waals surface area (Å²) in [6.45, 7) is 0. The highest BCUT2D eigenvalue weighted by molar-refractivity contribution is 6.25. The Labute approximate surface area is 301 Å². The van der Waals surface area contributed by atoms with E-state index < -0.39 is 0 Å². The Morgan fingerprint density at radius 1 is 0.308 bits per heavy atom. The zero-order chi connectivity index (χ0) is 34.4. The van der Waals surface area contributed by atoms with E-state index in [0.29, 0.717) is 5.82 Å². The van der Waals surface area contributed by atoms with Gasteiger partial charge in [-0.1, -0.05) is 152 Å². The molecular formula is C49H31N3. The lowest BCUT2D eigenvalue weighted by Crippen LogP contribution is -1.96. The van der Waals surface area contributed by atoms with Gasteiger partial charge < -0.3 is 0 Å². The van der Waals surface area contributed by atoms with Crippen LogP contribution in [0.5, 0.6) is 0 Å². The second kappa shape index (κ2) is 12.4. The fraction of sp³-hybridized carbons (Fsp3) is 0. The second-order valence-corrected chi connectivity index (χ2v) is 13.3. The quantitative estimate of drug-likeness (QED) is 0.166. The monoisotopic (exact) mass is 661 g/mol. The minimum absolute atomic E-state index is 0.690. The molecule has 0 saturated carbocycles. The number of rotatable bonds is 6. The molecule has 0 amide bonds. The zero-order valence-corrected chi connectivity index (χ0v) is 28.2. The van der Waals surface area contributed by atoms with Gasteiger partial charge in [0.25, 0.3) is 0 Å². The van der Waals surface area contributed by atoms with E-state index in [0.717, 1.165) is 44.8 Å². The van der Waals surface area contributed by atoms with Crippen molar-refractivity contribution in [1.29, 1.82) is 0 Å². The molecule has 0 bridgehead atoms. The molecule has 0 aliphatic heterocycles. The largest absolute Gasteiger partial charge is 0.265 e. The van der Waals surface area contributed by atoms with Crippen LogP contribution in [0.15, 0.2) is 188 Å². The summed E-state index contributed by atoms with van der Waals surface area (Å²) in [5, 5.41) is 7.76. The van der Waals surface area contributed by atoms with Crippen molar-refractivity contribution >= 4 is 32.3 Å². The third-order valence-corrected chi connectivity index (χ3v) is 10.2. The molecule has 0 N–H and O–H groups in total. The normalized spacial score (nSPS) is 11.5. The van der Waals surface area contributed by atoms with Crippen LogP contribution in [0, 0.1) is 0 Å². The molecule has 0 unspecified atom stereocenters. The topological polar surface area (TPSA) is 38.7 Å². The maximum atomic E-state index is 5.17. The first-order valence-corrected chi connectivity index (χ1v) is 17.6. The fourth-order valence-electron chi connectivity index (χ4n) is 7.52. The van der Waals surface area contributed by atoms with Gasteiger partial charge in [-0.25, -0.2) is 9.97 Å². The number of benzene rings is 8. The van der Waals surface area contributed by atoms with Crippen molar-refractivity contribution in [2.24, 2.45) is 0 Å². The van der Waals surface area contributed by atoms with Gasteiger partial charge in [0, 0.05) is 29.1 Å². The lowest BCUT2D eigenvalue weighted by Gasteiger charge is -2.14. The van der Waals surface area contributed by atoms with Crippen LogP contribution in [0.3, 0.4) is 0 Å². The molecule has 8 aromatic carbocycles. The first-order valence-electron chi connectivity index (χ1n) is 17.6. The van der Waals surface area contributed by atoms with E-state index in [9.17, 15) is 0 Å². The molecule has 10 aromatic rings. The molecule has 0 radical (unpaired) electrons. The molecule has 0 atom stereocenters. The Bertz CT molecular complexity index is 2850. The SMILES string of the molecule is c1ccc(-c2cccc(-c3cc(-c4ccc(-c5ccc6ccc7cccc8ccc5c6c78)cc4)nc(-c4ccc(-c5ccncc5)cc4)n3)c2)cc1. The van der Waals surface area contributed by atoms with E-state index in [1.54, 1.807) is 0 Å². The van der Waals surface area contributed by atoms with Gasteiger partial charge in [0.2, 0.25) is 0 Å². The van der Waals surface area contributed by atoms with Crippen LogP contribution in [0.4, 0.5) is 0 Å². The van der Waals surface area contributed by atoms with Crippen molar-refractivity contribution in [3.05, 3.63) is 188 Å². The molecule has 52 heavy (non-hydrogen) atoms. The minimum Gasteiger partial charge on any atom is -0.265 e. The standard InChI is InChI=1S/C49H31N3/c1-2-6-32(7-3-1)41-10-5-11-42(30-41)46-31-45(51-49(52-46)40-20-12-33(13-21-40)34-26-28-50-29-27-34)36-16-14-35(15-17-36)43-24-22-39-19-18-37-8-4-9-38-23-25-44(43)48(39)47(37)38/h1-31H. The summed E-state index contributed by atoms with van der Waals surface area (Å²) < 4.78 is 0. The van der Waals surface area contributed by atoms with Crippen LogP contribution >= 0.6 is 0 Å². The number of hydrogen-bond donors (Lipinski definition) is 0. The average molecular weight is 662 g/mol. The highest BCUT2D eigenvalue weighted by Crippen LogP contribution is 2.40. The summed E-state index contributed by atoms with van der Waals surface area (Å²) in [6.07, 6.45) is 3.64. The van der Waals surface area contributed by atoms with Crippen molar-refractivity contribution in [3.63, 3.8) is 0 Å². The molecule has 242 valence electrons. The number of aromatic nitrogens is 3. The molecular weight excluding hydrogens is 631 g/mol. The Hall–Kier alpha value is -6.97. The van der Waals surface area contributed by atoms with Gasteiger partial charge in [-0.2, -0.15) is 0 Å². The van der Waals surface area contributed by atoms with E-state index in [4.69, 9.17) is 9.97 Å². The van der Waals surface area contributed by atoms with Crippen molar-refractivity contribution in [2.45, 2.75) is 0 Å². The fourth-order valence-corrected chi connectivity index (χ4v) is 7.52. The molecule has 3 nitrogen and oxygen atoms in total. The van der Waals surface area contributed by atoms with Gasteiger partial charge in [0.1, 0.15) is 0 Å². The molecule has 0 saturated heterocycles. The highest BCUT2D eigenvalue weighted by atomic mass is 14.9. The van der Waals surface area contributed by atoms with Crippen molar-refractivity contribution < 1.29 is 0 Å². The predicted molar refractivity (Wildman–Crippen MR) is 216 cm³/mol. The van der Waals surface area contributed by atoms with Crippen LogP contribution < -0.4 is 0 Å². The second-order valence-electron chi connectivity index (χ2n) is 13.3. The summed E-state index contributed by atoms with van der Waals surface area (Å²) in [4.78, 5) is 14.5. The summed E-state index contributed by atoms with van der Waals surface area (Å²) in [7, 11) is 0. The summed E-state index contributed by atoms with van der Waals surface area (Å²) >= 11 is 0. The van der Waals surface area contributed by atoms with Crippen molar-refractivity contribution in [1.82, 2.24) is 15.0 Å². The average Bonchev–Trinajstić information content (AvgIpc) is 3.23.